The van der Waals surface area contributed by atoms with Crippen LogP contribution in [0, 0.1) is 0 Å². The van der Waals surface area contributed by atoms with Gasteiger partial charge in [-0.1, -0.05) is 36.3 Å². The van der Waals surface area contributed by atoms with Crippen molar-refractivity contribution in [3.05, 3.63) is 46.3 Å². The summed E-state index contributed by atoms with van der Waals surface area (Å²) in [5, 5.41) is 13.1. The second-order valence-corrected chi connectivity index (χ2v) is 3.57. The number of benzene rings is 1. The summed E-state index contributed by atoms with van der Waals surface area (Å²) in [4.78, 5) is 2.65. The lowest BCUT2D eigenvalue weighted by molar-refractivity contribution is 0.199. The van der Waals surface area contributed by atoms with Gasteiger partial charge in [0.15, 0.2) is 0 Å². The second-order valence-electron chi connectivity index (χ2n) is 3.57. The second kappa shape index (κ2) is 6.58. The highest BCUT2D eigenvalue weighted by atomic mass is 16.5. The van der Waals surface area contributed by atoms with Crippen LogP contribution in [0.25, 0.3) is 16.5 Å². The van der Waals surface area contributed by atoms with E-state index in [0.29, 0.717) is 0 Å². The van der Waals surface area contributed by atoms with Gasteiger partial charge in [-0.3, -0.25) is 0 Å². The Bertz CT molecular complexity index is 422. The van der Waals surface area contributed by atoms with Gasteiger partial charge in [0.25, 0.3) is 0 Å². The first kappa shape index (κ1) is 13.1. The normalized spacial score (nSPS) is 14.1. The minimum atomic E-state index is -0.784. The summed E-state index contributed by atoms with van der Waals surface area (Å²) in [6.45, 7) is 1.66. The Morgan fingerprint density at radius 3 is 2.59 bits per heavy atom. The first-order valence-electron chi connectivity index (χ1n) is 5.22. The zero-order valence-corrected chi connectivity index (χ0v) is 9.82. The molecular weight excluding hydrogens is 218 g/mol. The van der Waals surface area contributed by atoms with E-state index < -0.39 is 12.1 Å². The van der Waals surface area contributed by atoms with Crippen LogP contribution < -0.4 is 4.74 Å². The molecule has 0 bridgehead atoms. The molecule has 5 nitrogen and oxygen atoms in total. The highest BCUT2D eigenvalue weighted by Gasteiger charge is 2.07. The monoisotopic (exact) mass is 233 g/mol. The smallest absolute Gasteiger partial charge is 0.118 e. The molecule has 17 heavy (non-hydrogen) atoms. The van der Waals surface area contributed by atoms with Gasteiger partial charge in [0, 0.05) is 4.91 Å². The summed E-state index contributed by atoms with van der Waals surface area (Å²) < 4.78 is 5.04. The lowest BCUT2D eigenvalue weighted by Gasteiger charge is -2.08. The molecule has 0 aromatic heterocycles. The number of ether oxygens (including phenoxy) is 1. The fraction of sp³-hybridized carbons (Fsp3) is 0.333. The molecule has 0 unspecified atom stereocenters. The minimum Gasteiger partial charge on any atom is -0.497 e. The van der Waals surface area contributed by atoms with Crippen LogP contribution >= 0.6 is 0 Å². The van der Waals surface area contributed by atoms with Gasteiger partial charge in [0.05, 0.1) is 19.3 Å². The van der Waals surface area contributed by atoms with Gasteiger partial charge in [-0.05, 0) is 23.2 Å². The third-order valence-electron chi connectivity index (χ3n) is 2.33. The predicted molar refractivity (Wildman–Crippen MR) is 66.6 cm³/mol. The van der Waals surface area contributed by atoms with Gasteiger partial charge < -0.3 is 9.84 Å². The molecule has 1 N–H and O–H groups in total. The van der Waals surface area contributed by atoms with Crippen molar-refractivity contribution >= 4 is 6.08 Å². The van der Waals surface area contributed by atoms with E-state index in [2.05, 4.69) is 10.0 Å². The molecule has 1 rings (SSSR count). The third kappa shape index (κ3) is 4.18. The average molecular weight is 233 g/mol. The molecule has 0 aliphatic heterocycles. The highest BCUT2D eigenvalue weighted by Crippen LogP contribution is 2.13. The van der Waals surface area contributed by atoms with Gasteiger partial charge in [-0.25, -0.2) is 0 Å². The van der Waals surface area contributed by atoms with Crippen LogP contribution in [0.2, 0.25) is 0 Å². The van der Waals surface area contributed by atoms with Crippen molar-refractivity contribution in [2.75, 3.05) is 7.11 Å². The zero-order valence-electron chi connectivity index (χ0n) is 9.82. The van der Waals surface area contributed by atoms with Crippen LogP contribution in [0.5, 0.6) is 5.75 Å². The van der Waals surface area contributed by atoms with Crippen molar-refractivity contribution in [3.63, 3.8) is 0 Å². The Kier molecular flexibility index (Phi) is 5.07. The van der Waals surface area contributed by atoms with E-state index in [9.17, 15) is 5.11 Å². The molecule has 0 radical (unpaired) electrons. The quantitative estimate of drug-likeness (QED) is 0.482. The Morgan fingerprint density at radius 2 is 2.06 bits per heavy atom. The number of azide groups is 1. The summed E-state index contributed by atoms with van der Waals surface area (Å²) in [6, 6.07) is 6.95. The zero-order chi connectivity index (χ0) is 12.7. The summed E-state index contributed by atoms with van der Waals surface area (Å²) in [5.41, 5.74) is 9.18. The number of nitrogens with zero attached hydrogens (tertiary/aromatic N) is 3. The number of aliphatic hydroxyl groups excluding tert-OH is 1. The van der Waals surface area contributed by atoms with Crippen LogP contribution in [-0.4, -0.2) is 24.4 Å². The van der Waals surface area contributed by atoms with Crippen LogP contribution in [-0.2, 0) is 0 Å². The largest absolute Gasteiger partial charge is 0.497 e. The van der Waals surface area contributed by atoms with Gasteiger partial charge in [-0.15, -0.1) is 0 Å². The van der Waals surface area contributed by atoms with Gasteiger partial charge in [-0.2, -0.15) is 0 Å². The highest BCUT2D eigenvalue weighted by molar-refractivity contribution is 5.51. The molecule has 90 valence electrons. The van der Waals surface area contributed by atoms with Crippen molar-refractivity contribution < 1.29 is 9.84 Å². The summed E-state index contributed by atoms with van der Waals surface area (Å²) in [5.74, 6) is 0.783. The fourth-order valence-corrected chi connectivity index (χ4v) is 1.24. The fourth-order valence-electron chi connectivity index (χ4n) is 1.24. The Labute approximate surface area is 100.0 Å². The predicted octanol–water partition coefficient (Wildman–Crippen LogP) is 2.77. The molecule has 0 saturated carbocycles. The van der Waals surface area contributed by atoms with Crippen LogP contribution in [0.3, 0.4) is 0 Å². The topological polar surface area (TPSA) is 78.2 Å². The number of aliphatic hydroxyl groups is 1. The van der Waals surface area contributed by atoms with Gasteiger partial charge in [0.2, 0.25) is 0 Å². The number of methoxy groups -OCH3 is 1. The molecule has 0 fully saturated rings. The molecule has 1 aromatic rings. The van der Waals surface area contributed by atoms with Crippen molar-refractivity contribution in [3.8, 4) is 5.75 Å². The van der Waals surface area contributed by atoms with Gasteiger partial charge in [0.1, 0.15) is 5.75 Å². The van der Waals surface area contributed by atoms with E-state index in [1.165, 1.54) is 0 Å². The summed E-state index contributed by atoms with van der Waals surface area (Å²) >= 11 is 0. The van der Waals surface area contributed by atoms with Crippen LogP contribution in [0.4, 0.5) is 0 Å². The van der Waals surface area contributed by atoms with E-state index in [1.54, 1.807) is 26.2 Å². The third-order valence-corrected chi connectivity index (χ3v) is 2.33. The average Bonchev–Trinajstić information content (AvgIpc) is 2.36. The molecule has 2 atom stereocenters. The molecule has 0 saturated heterocycles. The molecule has 0 aliphatic rings. The van der Waals surface area contributed by atoms with E-state index in [1.807, 2.05) is 24.3 Å². The van der Waals surface area contributed by atoms with Crippen LogP contribution in [0.1, 0.15) is 12.5 Å². The Balaban J connectivity index is 2.66. The minimum absolute atomic E-state index is 0.477. The van der Waals surface area contributed by atoms with Crippen LogP contribution in [0.15, 0.2) is 35.5 Å². The maximum atomic E-state index is 9.63. The molecule has 0 aliphatic carbocycles. The molecule has 1 aromatic carbocycles. The molecular formula is C12H15N3O2. The lowest BCUT2D eigenvalue weighted by atomic mass is 10.1. The maximum Gasteiger partial charge on any atom is 0.118 e. The van der Waals surface area contributed by atoms with Crippen molar-refractivity contribution in [2.24, 2.45) is 5.11 Å². The van der Waals surface area contributed by atoms with Gasteiger partial charge >= 0.3 is 0 Å². The summed E-state index contributed by atoms with van der Waals surface area (Å²) in [6.07, 6.45) is 2.59. The molecule has 0 heterocycles. The van der Waals surface area contributed by atoms with Crippen molar-refractivity contribution in [1.82, 2.24) is 0 Å². The van der Waals surface area contributed by atoms with E-state index >= 15 is 0 Å². The van der Waals surface area contributed by atoms with Crippen molar-refractivity contribution in [1.29, 1.82) is 0 Å². The number of rotatable bonds is 5. The van der Waals surface area contributed by atoms with Crippen molar-refractivity contribution in [2.45, 2.75) is 19.1 Å². The van der Waals surface area contributed by atoms with E-state index in [0.717, 1.165) is 11.3 Å². The summed E-state index contributed by atoms with van der Waals surface area (Å²) in [7, 11) is 1.61. The molecule has 0 amide bonds. The Morgan fingerprint density at radius 1 is 1.41 bits per heavy atom. The standard InChI is InChI=1S/C12H15N3O2/c1-9(14-15-13)12(16)8-5-10-3-6-11(17-2)7-4-10/h3-9,12,16H,1-2H3/b8-5+/t9-,12+/m1/s1. The molecule has 5 heteroatoms. The number of hydrogen-bond donors (Lipinski definition) is 1. The number of hydrogen-bond acceptors (Lipinski definition) is 3. The molecule has 0 spiro atoms. The first-order chi connectivity index (χ1) is 8.17. The Hall–Kier alpha value is -1.97. The van der Waals surface area contributed by atoms with E-state index in [4.69, 9.17) is 10.3 Å². The van der Waals surface area contributed by atoms with E-state index in [-0.39, 0.29) is 0 Å². The maximum absolute atomic E-state index is 9.63. The lowest BCUT2D eigenvalue weighted by Crippen LogP contribution is -2.17. The SMILES string of the molecule is COc1ccc(/C=C/[C@H](O)[C@@H](C)N=[N+]=[N-])cc1. The first-order valence-corrected chi connectivity index (χ1v) is 5.22.